The number of nitrogens with one attached hydrogen (secondary N) is 1. The molecule has 1 N–H and O–H groups in total. The number of rotatable bonds is 6. The van der Waals surface area contributed by atoms with Crippen molar-refractivity contribution in [1.82, 2.24) is 20.4 Å². The van der Waals surface area contributed by atoms with Gasteiger partial charge in [0.25, 0.3) is 5.89 Å². The number of benzene rings is 2. The topological polar surface area (TPSA) is 72.7 Å². The van der Waals surface area contributed by atoms with Gasteiger partial charge in [-0.15, -0.1) is 0 Å². The minimum Gasteiger partial charge on any atom is -0.497 e. The summed E-state index contributed by atoms with van der Waals surface area (Å²) in [6.45, 7) is 3.50. The van der Waals surface area contributed by atoms with Crippen molar-refractivity contribution in [3.05, 3.63) is 70.7 Å². The van der Waals surface area contributed by atoms with Crippen molar-refractivity contribution in [2.45, 2.75) is 31.9 Å². The molecule has 2 aromatic carbocycles. The number of halogens is 1. The average molecular weight is 497 g/mol. The van der Waals surface area contributed by atoms with E-state index in [-0.39, 0.29) is 12.1 Å². The first-order valence-corrected chi connectivity index (χ1v) is 12.0. The number of allylic oxidation sites excluding steroid dienone is 1. The molecule has 0 saturated carbocycles. The highest BCUT2D eigenvalue weighted by Crippen LogP contribution is 2.38. The van der Waals surface area contributed by atoms with E-state index < -0.39 is 0 Å². The van der Waals surface area contributed by atoms with Gasteiger partial charge in [-0.05, 0) is 61.8 Å². The summed E-state index contributed by atoms with van der Waals surface area (Å²) >= 11 is 11.9. The van der Waals surface area contributed by atoms with Gasteiger partial charge in [-0.1, -0.05) is 41.0 Å². The van der Waals surface area contributed by atoms with Crippen molar-refractivity contribution >= 4 is 34.5 Å². The highest BCUT2D eigenvalue weighted by molar-refractivity contribution is 7.80. The monoisotopic (exact) mass is 496 g/mol. The molecule has 0 aliphatic carbocycles. The normalized spacial score (nSPS) is 20.6. The van der Waals surface area contributed by atoms with Gasteiger partial charge >= 0.3 is 0 Å². The van der Waals surface area contributed by atoms with E-state index in [9.17, 15) is 0 Å². The molecule has 0 spiro atoms. The molecular formula is C25H25ClN4O3S. The van der Waals surface area contributed by atoms with Gasteiger partial charge in [-0.3, -0.25) is 0 Å². The van der Waals surface area contributed by atoms with E-state index in [1.807, 2.05) is 55.5 Å². The molecule has 3 aromatic rings. The summed E-state index contributed by atoms with van der Waals surface area (Å²) in [7, 11) is 1.63. The van der Waals surface area contributed by atoms with E-state index in [0.717, 1.165) is 47.6 Å². The Morgan fingerprint density at radius 2 is 2.06 bits per heavy atom. The van der Waals surface area contributed by atoms with E-state index in [0.29, 0.717) is 28.4 Å². The molecule has 7 nitrogen and oxygen atoms in total. The lowest BCUT2D eigenvalue weighted by molar-refractivity contribution is 0.0962. The van der Waals surface area contributed by atoms with Gasteiger partial charge in [0.2, 0.25) is 5.82 Å². The molecule has 176 valence electrons. The Bertz CT molecular complexity index is 1220. The van der Waals surface area contributed by atoms with Crippen LogP contribution in [0.1, 0.15) is 37.3 Å². The molecule has 2 aliphatic heterocycles. The molecule has 2 aliphatic rings. The summed E-state index contributed by atoms with van der Waals surface area (Å²) in [4.78, 5) is 6.83. The van der Waals surface area contributed by atoms with Crippen molar-refractivity contribution in [2.24, 2.45) is 0 Å². The number of hydrogen-bond acceptors (Lipinski definition) is 6. The first-order chi connectivity index (χ1) is 16.5. The zero-order chi connectivity index (χ0) is 23.7. The summed E-state index contributed by atoms with van der Waals surface area (Å²) in [6, 6.07) is 15.0. The van der Waals surface area contributed by atoms with Crippen LogP contribution in [0.3, 0.4) is 0 Å². The van der Waals surface area contributed by atoms with Gasteiger partial charge in [0.05, 0.1) is 31.4 Å². The molecule has 0 amide bonds. The maximum absolute atomic E-state index is 6.14. The SMILES string of the molecule is COc1cccc(-c2noc(C3=C(C)N(CC4CCCO4)C(=S)NC3c3ccc(Cl)cc3)n2)c1. The van der Waals surface area contributed by atoms with Crippen LogP contribution in [-0.4, -0.2) is 46.5 Å². The molecular weight excluding hydrogens is 472 g/mol. The lowest BCUT2D eigenvalue weighted by Crippen LogP contribution is -2.48. The van der Waals surface area contributed by atoms with E-state index in [2.05, 4.69) is 15.4 Å². The van der Waals surface area contributed by atoms with Crippen molar-refractivity contribution in [1.29, 1.82) is 0 Å². The predicted molar refractivity (Wildman–Crippen MR) is 134 cm³/mol. The fourth-order valence-corrected chi connectivity index (χ4v) is 4.84. The Balaban J connectivity index is 1.56. The van der Waals surface area contributed by atoms with Crippen molar-refractivity contribution in [2.75, 3.05) is 20.3 Å². The van der Waals surface area contributed by atoms with E-state index in [1.165, 1.54) is 0 Å². The molecule has 0 bridgehead atoms. The summed E-state index contributed by atoms with van der Waals surface area (Å²) in [5.74, 6) is 1.65. The second-order valence-corrected chi connectivity index (χ2v) is 9.16. The van der Waals surface area contributed by atoms with Crippen molar-refractivity contribution in [3.8, 4) is 17.1 Å². The van der Waals surface area contributed by atoms with Gasteiger partial charge < -0.3 is 24.2 Å². The number of ether oxygens (including phenoxy) is 2. The molecule has 2 atom stereocenters. The summed E-state index contributed by atoms with van der Waals surface area (Å²) in [6.07, 6.45) is 2.22. The van der Waals surface area contributed by atoms with Crippen LogP contribution in [0.2, 0.25) is 5.02 Å². The van der Waals surface area contributed by atoms with Crippen LogP contribution in [0.4, 0.5) is 0 Å². The standard InChI is InChI=1S/C25H25ClN4O3S/c1-15-21(24-28-23(29-33-24)17-5-3-6-19(13-17)31-2)22(16-8-10-18(26)11-9-16)27-25(34)30(15)14-20-7-4-12-32-20/h3,5-6,8-11,13,20,22H,4,7,12,14H2,1-2H3,(H,27,34). The smallest absolute Gasteiger partial charge is 0.258 e. The van der Waals surface area contributed by atoms with Gasteiger partial charge in [-0.25, -0.2) is 0 Å². The minimum absolute atomic E-state index is 0.137. The first-order valence-electron chi connectivity index (χ1n) is 11.2. The summed E-state index contributed by atoms with van der Waals surface area (Å²) < 4.78 is 17.0. The number of hydrogen-bond donors (Lipinski definition) is 1. The molecule has 1 aromatic heterocycles. The molecule has 5 rings (SSSR count). The van der Waals surface area contributed by atoms with Crippen LogP contribution in [0.25, 0.3) is 17.0 Å². The molecule has 1 saturated heterocycles. The average Bonchev–Trinajstić information content (AvgIpc) is 3.54. The van der Waals surface area contributed by atoms with Crippen LogP contribution in [-0.2, 0) is 4.74 Å². The maximum Gasteiger partial charge on any atom is 0.258 e. The number of nitrogens with zero attached hydrogens (tertiary/aromatic N) is 3. The van der Waals surface area contributed by atoms with Gasteiger partial charge in [0.1, 0.15) is 5.75 Å². The molecule has 0 radical (unpaired) electrons. The second-order valence-electron chi connectivity index (χ2n) is 8.33. The quantitative estimate of drug-likeness (QED) is 0.464. The summed E-state index contributed by atoms with van der Waals surface area (Å²) in [5, 5.41) is 9.05. The largest absolute Gasteiger partial charge is 0.497 e. The van der Waals surface area contributed by atoms with E-state index in [1.54, 1.807) is 7.11 Å². The first kappa shape index (κ1) is 22.8. The third kappa shape index (κ3) is 4.53. The van der Waals surface area contributed by atoms with E-state index in [4.69, 9.17) is 42.8 Å². The Labute approximate surface area is 208 Å². The van der Waals surface area contributed by atoms with Crippen molar-refractivity contribution in [3.63, 3.8) is 0 Å². The van der Waals surface area contributed by atoms with Crippen LogP contribution < -0.4 is 10.1 Å². The number of aromatic nitrogens is 2. The zero-order valence-electron chi connectivity index (χ0n) is 19.0. The fraction of sp³-hybridized carbons (Fsp3) is 0.320. The predicted octanol–water partition coefficient (Wildman–Crippen LogP) is 5.24. The molecule has 3 heterocycles. The Morgan fingerprint density at radius 1 is 1.24 bits per heavy atom. The highest BCUT2D eigenvalue weighted by atomic mass is 35.5. The van der Waals surface area contributed by atoms with Crippen LogP contribution in [0, 0.1) is 0 Å². The Kier molecular flexibility index (Phi) is 6.54. The van der Waals surface area contributed by atoms with Crippen LogP contribution in [0.15, 0.2) is 58.8 Å². The van der Waals surface area contributed by atoms with Crippen LogP contribution >= 0.6 is 23.8 Å². The van der Waals surface area contributed by atoms with Gasteiger partial charge in [0, 0.05) is 22.9 Å². The number of methoxy groups -OCH3 is 1. The third-order valence-electron chi connectivity index (χ3n) is 6.19. The number of thiocarbonyl (C=S) groups is 1. The van der Waals surface area contributed by atoms with Crippen LogP contribution in [0.5, 0.6) is 5.75 Å². The third-order valence-corrected chi connectivity index (χ3v) is 6.78. The highest BCUT2D eigenvalue weighted by Gasteiger charge is 2.35. The second kappa shape index (κ2) is 9.74. The minimum atomic E-state index is -0.260. The fourth-order valence-electron chi connectivity index (χ4n) is 4.39. The Hall–Kier alpha value is -2.94. The molecule has 34 heavy (non-hydrogen) atoms. The van der Waals surface area contributed by atoms with Gasteiger partial charge in [-0.2, -0.15) is 4.98 Å². The molecule has 2 unspecified atom stereocenters. The van der Waals surface area contributed by atoms with Crippen molar-refractivity contribution < 1.29 is 14.0 Å². The lowest BCUT2D eigenvalue weighted by Gasteiger charge is -2.38. The molecule has 1 fully saturated rings. The lowest BCUT2D eigenvalue weighted by atomic mass is 9.94. The molecule has 9 heteroatoms. The van der Waals surface area contributed by atoms with Gasteiger partial charge in [0.15, 0.2) is 5.11 Å². The summed E-state index contributed by atoms with van der Waals surface area (Å²) in [5.41, 5.74) is 3.64. The zero-order valence-corrected chi connectivity index (χ0v) is 20.5. The maximum atomic E-state index is 6.14. The Morgan fingerprint density at radius 3 is 2.79 bits per heavy atom. The van der Waals surface area contributed by atoms with E-state index >= 15 is 0 Å².